The van der Waals surface area contributed by atoms with E-state index in [1.807, 2.05) is 18.2 Å². The lowest BCUT2D eigenvalue weighted by Gasteiger charge is -2.25. The molecule has 206 valence electrons. The van der Waals surface area contributed by atoms with Gasteiger partial charge in [0.1, 0.15) is 11.3 Å². The maximum absolute atomic E-state index is 14.2. The van der Waals surface area contributed by atoms with E-state index in [4.69, 9.17) is 20.0 Å². The van der Waals surface area contributed by atoms with Crippen molar-refractivity contribution < 1.29 is 36.6 Å². The molecule has 4 N–H and O–H groups in total. The van der Waals surface area contributed by atoms with Gasteiger partial charge in [-0.05, 0) is 49.3 Å². The Morgan fingerprint density at radius 1 is 1.15 bits per heavy atom. The van der Waals surface area contributed by atoms with E-state index in [1.54, 1.807) is 37.3 Å². The largest absolute Gasteiger partial charge is 0.469 e. The number of aromatic nitrogens is 2. The van der Waals surface area contributed by atoms with Crippen molar-refractivity contribution in [3.05, 3.63) is 70.9 Å². The van der Waals surface area contributed by atoms with Crippen molar-refractivity contribution in [1.82, 2.24) is 10.1 Å². The summed E-state index contributed by atoms with van der Waals surface area (Å²) in [6.07, 6.45) is -2.47. The monoisotopic (exact) mass is 579 g/mol. The Bertz CT molecular complexity index is 1550. The van der Waals surface area contributed by atoms with E-state index in [9.17, 15) is 17.7 Å². The lowest BCUT2D eigenvalue weighted by atomic mass is 9.89. The molecule has 5 rings (SSSR count). The minimum absolute atomic E-state index is 0.128. The maximum atomic E-state index is 14.2. The molecule has 2 aromatic heterocycles. The van der Waals surface area contributed by atoms with Crippen LogP contribution in [0.15, 0.2) is 53.1 Å². The number of fused-ring (bicyclic) bond motifs is 3. The molecule has 0 amide bonds. The summed E-state index contributed by atoms with van der Waals surface area (Å²) >= 11 is 1.15. The Labute approximate surface area is 225 Å². The minimum atomic E-state index is -4.69. The van der Waals surface area contributed by atoms with Crippen LogP contribution < -0.4 is 5.73 Å². The van der Waals surface area contributed by atoms with Gasteiger partial charge >= 0.3 is 14.0 Å². The summed E-state index contributed by atoms with van der Waals surface area (Å²) in [4.78, 5) is 23.2. The van der Waals surface area contributed by atoms with Gasteiger partial charge in [0.25, 0.3) is 0 Å². The highest BCUT2D eigenvalue weighted by Crippen LogP contribution is 2.47. The first kappa shape index (κ1) is 27.7. The van der Waals surface area contributed by atoms with Crippen LogP contribution in [-0.2, 0) is 34.5 Å². The Hall–Kier alpha value is -2.86. The van der Waals surface area contributed by atoms with Gasteiger partial charge in [0.15, 0.2) is 5.01 Å². The molecule has 0 spiro atoms. The average molecular weight is 580 g/mol. The first-order chi connectivity index (χ1) is 18.3. The molecule has 13 heteroatoms. The standard InChI is InChI=1S/C26H25F3N3O5PS/c1-25(30,14-36-38(33,34)35)12-11-15-7-9-18-17(13-15)8-10-19-23(18)39-24(31-19)22-20(26(27,28)29)21(32-37-22)16-5-3-2-4-6-16/h2-7,9,13H,8,10-12,14,30H2,1H3,(H2,33,34,35)/t25-/m0/s1. The van der Waals surface area contributed by atoms with Crippen LogP contribution in [0.5, 0.6) is 0 Å². The van der Waals surface area contributed by atoms with E-state index >= 15 is 0 Å². The van der Waals surface area contributed by atoms with E-state index in [2.05, 4.69) is 14.7 Å². The lowest BCUT2D eigenvalue weighted by molar-refractivity contribution is -0.136. The molecular formula is C26H25F3N3O5PS. The number of hydrogen-bond acceptors (Lipinski definition) is 7. The molecule has 39 heavy (non-hydrogen) atoms. The van der Waals surface area contributed by atoms with Crippen LogP contribution in [-0.4, -0.2) is 32.1 Å². The van der Waals surface area contributed by atoms with E-state index in [1.165, 1.54) is 0 Å². The van der Waals surface area contributed by atoms with E-state index < -0.39 is 30.9 Å². The van der Waals surface area contributed by atoms with Gasteiger partial charge < -0.3 is 20.0 Å². The molecular weight excluding hydrogens is 554 g/mol. The van der Waals surface area contributed by atoms with Crippen molar-refractivity contribution in [2.45, 2.75) is 44.3 Å². The smallest absolute Gasteiger partial charge is 0.352 e. The van der Waals surface area contributed by atoms with Gasteiger partial charge in [0.2, 0.25) is 5.76 Å². The summed E-state index contributed by atoms with van der Waals surface area (Å²) in [5.74, 6) is -0.390. The molecule has 0 bridgehead atoms. The summed E-state index contributed by atoms with van der Waals surface area (Å²) in [6, 6.07) is 14.0. The number of aryl methyl sites for hydroxylation is 3. The summed E-state index contributed by atoms with van der Waals surface area (Å²) < 4.78 is 63.3. The number of alkyl halides is 3. The maximum Gasteiger partial charge on any atom is 0.469 e. The molecule has 1 atom stereocenters. The van der Waals surface area contributed by atoms with Crippen molar-refractivity contribution >= 4 is 19.2 Å². The molecule has 1 aliphatic carbocycles. The first-order valence-electron chi connectivity index (χ1n) is 12.0. The lowest BCUT2D eigenvalue weighted by Crippen LogP contribution is -2.41. The minimum Gasteiger partial charge on any atom is -0.352 e. The van der Waals surface area contributed by atoms with Crippen LogP contribution in [0, 0.1) is 0 Å². The number of phosphoric ester groups is 1. The van der Waals surface area contributed by atoms with Gasteiger partial charge in [-0.3, -0.25) is 4.52 Å². The number of halogens is 3. The second kappa shape index (κ2) is 10.3. The molecule has 0 aliphatic heterocycles. The van der Waals surface area contributed by atoms with E-state index in [0.29, 0.717) is 36.9 Å². The van der Waals surface area contributed by atoms with Gasteiger partial charge in [0, 0.05) is 11.1 Å². The fourth-order valence-corrected chi connectivity index (χ4v) is 6.16. The topological polar surface area (TPSA) is 132 Å². The molecule has 2 aromatic carbocycles. The second-order valence-corrected chi connectivity index (χ2v) is 12.0. The van der Waals surface area contributed by atoms with Gasteiger partial charge in [-0.2, -0.15) is 13.2 Å². The Morgan fingerprint density at radius 3 is 2.59 bits per heavy atom. The summed E-state index contributed by atoms with van der Waals surface area (Å²) in [5, 5.41) is 3.89. The molecule has 1 aliphatic rings. The Kier molecular flexibility index (Phi) is 7.30. The highest BCUT2D eigenvalue weighted by molar-refractivity contribution is 7.46. The molecule has 0 fully saturated rings. The number of rotatable bonds is 8. The number of phosphoric acid groups is 1. The highest BCUT2D eigenvalue weighted by Gasteiger charge is 2.42. The predicted molar refractivity (Wildman–Crippen MR) is 140 cm³/mol. The third-order valence-electron chi connectivity index (χ3n) is 6.51. The van der Waals surface area contributed by atoms with Crippen molar-refractivity contribution in [2.24, 2.45) is 5.73 Å². The van der Waals surface area contributed by atoms with Crippen molar-refractivity contribution in [3.63, 3.8) is 0 Å². The third-order valence-corrected chi connectivity index (χ3v) is 8.10. The number of thiazole rings is 1. The Morgan fingerprint density at radius 2 is 1.90 bits per heavy atom. The second-order valence-electron chi connectivity index (χ2n) is 9.80. The molecule has 2 heterocycles. The Balaban J connectivity index is 1.41. The quantitative estimate of drug-likeness (QED) is 0.216. The van der Waals surface area contributed by atoms with Crippen molar-refractivity contribution in [2.75, 3.05) is 6.61 Å². The van der Waals surface area contributed by atoms with E-state index in [0.717, 1.165) is 32.9 Å². The first-order valence-corrected chi connectivity index (χ1v) is 14.4. The fourth-order valence-electron chi connectivity index (χ4n) is 4.54. The van der Waals surface area contributed by atoms with Crippen molar-refractivity contribution in [3.8, 4) is 32.5 Å². The van der Waals surface area contributed by atoms with Crippen LogP contribution in [0.1, 0.15) is 35.7 Å². The summed E-state index contributed by atoms with van der Waals surface area (Å²) in [5.41, 5.74) is 7.94. The number of nitrogens with zero attached hydrogens (tertiary/aromatic N) is 2. The molecule has 4 aromatic rings. The fraction of sp³-hybridized carbons (Fsp3) is 0.308. The third kappa shape index (κ3) is 6.16. The molecule has 8 nitrogen and oxygen atoms in total. The summed E-state index contributed by atoms with van der Waals surface area (Å²) in [7, 11) is -4.61. The van der Waals surface area contributed by atoms with Gasteiger partial charge in [-0.1, -0.05) is 53.7 Å². The number of benzene rings is 2. The van der Waals surface area contributed by atoms with Crippen molar-refractivity contribution in [1.29, 1.82) is 0 Å². The average Bonchev–Trinajstić information content (AvgIpc) is 3.51. The molecule has 0 radical (unpaired) electrons. The zero-order valence-corrected chi connectivity index (χ0v) is 22.4. The van der Waals surface area contributed by atoms with E-state index in [-0.39, 0.29) is 17.3 Å². The zero-order valence-electron chi connectivity index (χ0n) is 20.7. The van der Waals surface area contributed by atoms with Gasteiger partial charge in [0.05, 0.1) is 17.2 Å². The van der Waals surface area contributed by atoms with Crippen LogP contribution in [0.3, 0.4) is 0 Å². The molecule has 0 saturated heterocycles. The van der Waals surface area contributed by atoms with Crippen LogP contribution in [0.4, 0.5) is 13.2 Å². The predicted octanol–water partition coefficient (Wildman–Crippen LogP) is 6.01. The van der Waals surface area contributed by atoms with Gasteiger partial charge in [-0.15, -0.1) is 11.3 Å². The highest BCUT2D eigenvalue weighted by atomic mass is 32.1. The van der Waals surface area contributed by atoms with Crippen LogP contribution in [0.25, 0.3) is 32.5 Å². The SMILES string of the molecule is C[C@](N)(CCc1ccc2c(c1)CCc1nc(-c3onc(-c4ccccc4)c3C(F)(F)F)sc1-2)COP(=O)(O)O. The van der Waals surface area contributed by atoms with Gasteiger partial charge in [-0.25, -0.2) is 9.55 Å². The number of nitrogens with two attached hydrogens (primary N) is 1. The van der Waals surface area contributed by atoms with Crippen LogP contribution >= 0.6 is 19.2 Å². The summed E-state index contributed by atoms with van der Waals surface area (Å²) in [6.45, 7) is 1.37. The molecule has 0 unspecified atom stereocenters. The molecule has 0 saturated carbocycles. The number of hydrogen-bond donors (Lipinski definition) is 3. The van der Waals surface area contributed by atoms with Crippen LogP contribution in [0.2, 0.25) is 0 Å². The normalized spacial score (nSPS) is 15.1. The zero-order chi connectivity index (χ0) is 28.0.